The average molecular weight is 741 g/mol. The summed E-state index contributed by atoms with van der Waals surface area (Å²) < 4.78 is 30.7. The van der Waals surface area contributed by atoms with Crippen molar-refractivity contribution in [3.05, 3.63) is 0 Å². The predicted octanol–water partition coefficient (Wildman–Crippen LogP) is 9.87. The summed E-state index contributed by atoms with van der Waals surface area (Å²) in [4.78, 5) is 29.3. The van der Waals surface area contributed by atoms with Crippen LogP contribution in [0.2, 0.25) is 0 Å². The Bertz CT molecular complexity index is 827. The molecule has 308 valence electrons. The van der Waals surface area contributed by atoms with Gasteiger partial charge in [0, 0.05) is 26.3 Å². The Morgan fingerprint density at radius 1 is 0.500 bits per heavy atom. The number of unbranched alkanes of at least 4 members (excludes halogenated alkanes) is 22. The highest BCUT2D eigenvalue weighted by Gasteiger charge is 2.49. The monoisotopic (exact) mass is 741 g/mol. The van der Waals surface area contributed by atoms with Crippen LogP contribution in [0.1, 0.15) is 181 Å². The van der Waals surface area contributed by atoms with Crippen molar-refractivity contribution in [3.63, 3.8) is 0 Å². The fraction of sp³-hybridized carbons (Fsp3) is 0.953. The Morgan fingerprint density at radius 3 is 1.27 bits per heavy atom. The third-order valence-electron chi connectivity index (χ3n) is 10.1. The molecule has 0 radical (unpaired) electrons. The Balaban J connectivity index is 2.66. The van der Waals surface area contributed by atoms with Gasteiger partial charge in [-0.25, -0.2) is 0 Å². The van der Waals surface area contributed by atoms with Gasteiger partial charge in [-0.15, -0.1) is 0 Å². The summed E-state index contributed by atoms with van der Waals surface area (Å²) in [5.41, 5.74) is 0. The van der Waals surface area contributed by atoms with Crippen molar-refractivity contribution in [3.8, 4) is 0 Å². The zero-order valence-corrected chi connectivity index (χ0v) is 35.0. The van der Waals surface area contributed by atoms with Crippen LogP contribution in [0.3, 0.4) is 0 Å². The van der Waals surface area contributed by atoms with Crippen LogP contribution in [-0.4, -0.2) is 107 Å². The van der Waals surface area contributed by atoms with Crippen LogP contribution in [0.4, 0.5) is 0 Å². The molecule has 4 atom stereocenters. The number of hydrogen-bond donors (Lipinski definition) is 0. The second-order valence-electron chi connectivity index (χ2n) is 15.8. The molecule has 1 saturated heterocycles. The summed E-state index contributed by atoms with van der Waals surface area (Å²) in [5, 5.41) is 0. The molecule has 0 bridgehead atoms. The zero-order chi connectivity index (χ0) is 38.1. The second-order valence-corrected chi connectivity index (χ2v) is 15.8. The maximum atomic E-state index is 12.8. The fourth-order valence-corrected chi connectivity index (χ4v) is 6.69. The van der Waals surface area contributed by atoms with Gasteiger partial charge in [-0.3, -0.25) is 9.59 Å². The molecule has 1 aliphatic heterocycles. The van der Waals surface area contributed by atoms with Gasteiger partial charge in [0.25, 0.3) is 0 Å². The lowest BCUT2D eigenvalue weighted by Crippen LogP contribution is -2.41. The SMILES string of the molecule is CCCCCCCCCCCCCCOC1[C@H](OC(=O)CCN(C)C)O[C@H](COC(=O)CCN(C)C)[C@@H]1OCCCCCCCCCCCCCC. The highest BCUT2D eigenvalue weighted by Crippen LogP contribution is 2.29. The van der Waals surface area contributed by atoms with Crippen LogP contribution in [0.15, 0.2) is 0 Å². The van der Waals surface area contributed by atoms with Crippen molar-refractivity contribution in [2.45, 2.75) is 205 Å². The lowest BCUT2D eigenvalue weighted by molar-refractivity contribution is -0.197. The quantitative estimate of drug-likeness (QED) is 0.0456. The van der Waals surface area contributed by atoms with Crippen molar-refractivity contribution in [1.82, 2.24) is 9.80 Å². The molecule has 0 aromatic rings. The topological polar surface area (TPSA) is 86.8 Å². The van der Waals surface area contributed by atoms with E-state index in [1.165, 1.54) is 128 Å². The highest BCUT2D eigenvalue weighted by atomic mass is 16.7. The molecular formula is C43H84N2O7. The molecule has 0 saturated carbocycles. The van der Waals surface area contributed by atoms with E-state index in [0.29, 0.717) is 32.7 Å². The van der Waals surface area contributed by atoms with Gasteiger partial charge in [0.1, 0.15) is 24.9 Å². The van der Waals surface area contributed by atoms with Crippen molar-refractivity contribution in [2.24, 2.45) is 0 Å². The Kier molecular flexibility index (Phi) is 32.1. The van der Waals surface area contributed by atoms with E-state index >= 15 is 0 Å². The van der Waals surface area contributed by atoms with Crippen LogP contribution in [0, 0.1) is 0 Å². The number of carbonyl (C=O) groups is 2. The first kappa shape index (κ1) is 48.8. The highest BCUT2D eigenvalue weighted by molar-refractivity contribution is 5.70. The van der Waals surface area contributed by atoms with E-state index in [4.69, 9.17) is 23.7 Å². The lowest BCUT2D eigenvalue weighted by Gasteiger charge is -2.25. The van der Waals surface area contributed by atoms with Crippen molar-refractivity contribution in [1.29, 1.82) is 0 Å². The van der Waals surface area contributed by atoms with Crippen LogP contribution in [0.5, 0.6) is 0 Å². The molecule has 52 heavy (non-hydrogen) atoms. The molecule has 1 unspecified atom stereocenters. The maximum Gasteiger partial charge on any atom is 0.309 e. The van der Waals surface area contributed by atoms with E-state index in [9.17, 15) is 9.59 Å². The van der Waals surface area contributed by atoms with Crippen LogP contribution in [0.25, 0.3) is 0 Å². The molecule has 0 aliphatic carbocycles. The number of nitrogens with zero attached hydrogens (tertiary/aromatic N) is 2. The molecule has 0 N–H and O–H groups in total. The Labute approximate surface area is 320 Å². The molecule has 1 heterocycles. The van der Waals surface area contributed by atoms with Crippen LogP contribution in [-0.2, 0) is 33.3 Å². The minimum Gasteiger partial charge on any atom is -0.463 e. The van der Waals surface area contributed by atoms with Gasteiger partial charge < -0.3 is 33.5 Å². The first-order valence-corrected chi connectivity index (χ1v) is 21.8. The number of carbonyl (C=O) groups excluding carboxylic acids is 2. The van der Waals surface area contributed by atoms with E-state index in [-0.39, 0.29) is 25.0 Å². The minimum atomic E-state index is -0.899. The van der Waals surface area contributed by atoms with Gasteiger partial charge in [0.15, 0.2) is 0 Å². The summed E-state index contributed by atoms with van der Waals surface area (Å²) >= 11 is 0. The molecular weight excluding hydrogens is 656 g/mol. The summed E-state index contributed by atoms with van der Waals surface area (Å²) in [6, 6.07) is 0. The van der Waals surface area contributed by atoms with Gasteiger partial charge in [-0.05, 0) is 41.0 Å². The predicted molar refractivity (Wildman–Crippen MR) is 214 cm³/mol. The number of hydrogen-bond acceptors (Lipinski definition) is 9. The van der Waals surface area contributed by atoms with Gasteiger partial charge in [0.05, 0.1) is 12.8 Å². The molecule has 0 aromatic heterocycles. The summed E-state index contributed by atoms with van der Waals surface area (Å²) in [6.45, 7) is 6.89. The maximum absolute atomic E-state index is 12.8. The van der Waals surface area contributed by atoms with E-state index in [1.54, 1.807) is 0 Å². The molecule has 9 nitrogen and oxygen atoms in total. The second kappa shape index (κ2) is 34.2. The molecule has 1 rings (SSSR count). The van der Waals surface area contributed by atoms with Crippen molar-refractivity contribution < 1.29 is 33.3 Å². The molecule has 1 aliphatic rings. The van der Waals surface area contributed by atoms with Crippen LogP contribution >= 0.6 is 0 Å². The van der Waals surface area contributed by atoms with Gasteiger partial charge >= 0.3 is 11.9 Å². The minimum absolute atomic E-state index is 0.0413. The van der Waals surface area contributed by atoms with Gasteiger partial charge in [-0.1, -0.05) is 155 Å². The normalized spacial score (nSPS) is 18.8. The third kappa shape index (κ3) is 27.3. The average Bonchev–Trinajstić information content (AvgIpc) is 3.44. The van der Waals surface area contributed by atoms with E-state index < -0.39 is 24.6 Å². The summed E-state index contributed by atoms with van der Waals surface area (Å²) in [6.07, 6.45) is 28.7. The first-order chi connectivity index (χ1) is 25.3. The molecule has 9 heteroatoms. The fourth-order valence-electron chi connectivity index (χ4n) is 6.69. The standard InChI is InChI=1S/C43H84N2O7/c1-7-9-11-13-15-17-19-21-23-25-27-29-35-48-41-38(37-50-39(46)31-33-44(3)4)51-43(52-40(47)32-34-45(5)6)42(41)49-36-30-28-26-24-22-20-18-16-14-12-10-8-2/h38,41-43H,7-37H2,1-6H3/t38-,41+,42?,43+/m1/s1. The smallest absolute Gasteiger partial charge is 0.309 e. The van der Waals surface area contributed by atoms with E-state index in [0.717, 1.165) is 25.7 Å². The third-order valence-corrected chi connectivity index (χ3v) is 10.1. The van der Waals surface area contributed by atoms with E-state index in [1.807, 2.05) is 38.0 Å². The zero-order valence-electron chi connectivity index (χ0n) is 35.0. The molecule has 1 fully saturated rings. The first-order valence-electron chi connectivity index (χ1n) is 21.8. The summed E-state index contributed by atoms with van der Waals surface area (Å²) in [7, 11) is 7.72. The van der Waals surface area contributed by atoms with Gasteiger partial charge in [0.2, 0.25) is 6.29 Å². The van der Waals surface area contributed by atoms with Crippen molar-refractivity contribution >= 4 is 11.9 Å². The number of rotatable bonds is 37. The molecule has 0 amide bonds. The molecule has 0 spiro atoms. The Morgan fingerprint density at radius 2 is 0.865 bits per heavy atom. The van der Waals surface area contributed by atoms with Gasteiger partial charge in [-0.2, -0.15) is 0 Å². The number of esters is 2. The summed E-state index contributed by atoms with van der Waals surface area (Å²) in [5.74, 6) is -0.613. The number of ether oxygens (including phenoxy) is 5. The van der Waals surface area contributed by atoms with Crippen LogP contribution < -0.4 is 0 Å². The Hall–Kier alpha value is -1.26. The largest absolute Gasteiger partial charge is 0.463 e. The molecule has 0 aromatic carbocycles. The van der Waals surface area contributed by atoms with E-state index in [2.05, 4.69) is 13.8 Å². The lowest BCUT2D eigenvalue weighted by atomic mass is 10.1. The van der Waals surface area contributed by atoms with Crippen molar-refractivity contribution in [2.75, 3.05) is 61.1 Å².